The van der Waals surface area contributed by atoms with Crippen molar-refractivity contribution in [2.45, 2.75) is 17.7 Å². The van der Waals surface area contributed by atoms with Gasteiger partial charge in [-0.25, -0.2) is 8.42 Å². The summed E-state index contributed by atoms with van der Waals surface area (Å²) < 4.78 is 23.8. The summed E-state index contributed by atoms with van der Waals surface area (Å²) >= 11 is 7.29. The minimum atomic E-state index is -3.11. The Balaban J connectivity index is 2.01. The summed E-state index contributed by atoms with van der Waals surface area (Å²) in [6.07, 6.45) is -0.304. The molecule has 0 saturated carbocycles. The highest BCUT2D eigenvalue weighted by molar-refractivity contribution is 8.16. The molecule has 0 radical (unpaired) electrons. The molecule has 3 rings (SSSR count). The molecule has 0 aromatic heterocycles. The Morgan fingerprint density at radius 2 is 2.26 bits per heavy atom. The molecule has 1 amide bonds. The molecule has 2 atom stereocenters. The molecule has 0 unspecified atom stereocenters. The zero-order valence-corrected chi connectivity index (χ0v) is 14.2. The lowest BCUT2D eigenvalue weighted by Crippen LogP contribution is -2.37. The lowest BCUT2D eigenvalue weighted by Gasteiger charge is -2.24. The molecular weight excluding hydrogens is 358 g/mol. The van der Waals surface area contributed by atoms with Crippen LogP contribution in [0.3, 0.4) is 0 Å². The fourth-order valence-corrected chi connectivity index (χ4v) is 6.82. The first-order valence-corrected chi connectivity index (χ1v) is 9.88. The average molecular weight is 370 g/mol. The normalized spacial score (nSPS) is 27.0. The summed E-state index contributed by atoms with van der Waals surface area (Å²) in [7, 11) is -3.11. The highest BCUT2D eigenvalue weighted by Crippen LogP contribution is 2.41. The molecule has 2 aliphatic heterocycles. The monoisotopic (exact) mass is 369 g/mol. The second kappa shape index (κ2) is 6.15. The number of carbonyl (C=O) groups is 1. The minimum Gasteiger partial charge on any atom is -0.316 e. The van der Waals surface area contributed by atoms with E-state index in [1.807, 2.05) is 0 Å². The standard InChI is InChI=1S/C14H12ClN3O3S2/c15-9-2-1-3-10(6-9)18-11-7-23(20,21)8-12(11)22-14(18)17-13(19)4-5-16/h1-3,6,11-12H,4,7-8H2/t11-,12+/m1/s1. The first-order chi connectivity index (χ1) is 10.9. The van der Waals surface area contributed by atoms with Crippen LogP contribution in [0.25, 0.3) is 0 Å². The summed E-state index contributed by atoms with van der Waals surface area (Å²) in [5.74, 6) is -0.460. The van der Waals surface area contributed by atoms with Gasteiger partial charge in [0.2, 0.25) is 0 Å². The van der Waals surface area contributed by atoms with Gasteiger partial charge in [-0.1, -0.05) is 29.4 Å². The molecule has 1 aromatic rings. The van der Waals surface area contributed by atoms with Gasteiger partial charge in [-0.15, -0.1) is 0 Å². The van der Waals surface area contributed by atoms with Crippen LogP contribution >= 0.6 is 23.4 Å². The van der Waals surface area contributed by atoms with Crippen LogP contribution in [0.15, 0.2) is 29.3 Å². The van der Waals surface area contributed by atoms with Crippen molar-refractivity contribution in [1.29, 1.82) is 5.26 Å². The van der Waals surface area contributed by atoms with Gasteiger partial charge in [-0.2, -0.15) is 10.3 Å². The topological polar surface area (TPSA) is 90.6 Å². The molecule has 2 aliphatic rings. The van der Waals surface area contributed by atoms with Gasteiger partial charge in [-0.05, 0) is 18.2 Å². The van der Waals surface area contributed by atoms with Crippen LogP contribution < -0.4 is 4.90 Å². The Labute approximate surface area is 143 Å². The van der Waals surface area contributed by atoms with Crippen molar-refractivity contribution in [1.82, 2.24) is 0 Å². The number of thioether (sulfide) groups is 1. The Bertz CT molecular complexity index is 832. The van der Waals surface area contributed by atoms with Gasteiger partial charge < -0.3 is 4.90 Å². The van der Waals surface area contributed by atoms with Gasteiger partial charge >= 0.3 is 0 Å². The van der Waals surface area contributed by atoms with Crippen LogP contribution in [0.2, 0.25) is 5.02 Å². The van der Waals surface area contributed by atoms with Crippen LogP contribution in [0, 0.1) is 11.3 Å². The summed E-state index contributed by atoms with van der Waals surface area (Å²) in [6, 6.07) is 8.47. The summed E-state index contributed by atoms with van der Waals surface area (Å²) in [4.78, 5) is 17.4. The lowest BCUT2D eigenvalue weighted by molar-refractivity contribution is -0.116. The number of fused-ring (bicyclic) bond motifs is 1. The predicted octanol–water partition coefficient (Wildman–Crippen LogP) is 1.86. The molecule has 23 heavy (non-hydrogen) atoms. The summed E-state index contributed by atoms with van der Waals surface area (Å²) in [5, 5.41) is 9.37. The molecule has 0 aliphatic carbocycles. The smallest absolute Gasteiger partial charge is 0.262 e. The Hall–Kier alpha value is -1.56. The maximum Gasteiger partial charge on any atom is 0.262 e. The van der Waals surface area contributed by atoms with E-state index in [4.69, 9.17) is 16.9 Å². The second-order valence-electron chi connectivity index (χ2n) is 5.27. The Morgan fingerprint density at radius 1 is 1.48 bits per heavy atom. The number of benzene rings is 1. The fraction of sp³-hybridized carbons (Fsp3) is 0.357. The third-order valence-corrected chi connectivity index (χ3v) is 7.05. The number of sulfone groups is 1. The van der Waals surface area contributed by atoms with Gasteiger partial charge in [-0.3, -0.25) is 4.79 Å². The van der Waals surface area contributed by atoms with E-state index >= 15 is 0 Å². The van der Waals surface area contributed by atoms with Gasteiger partial charge in [0.15, 0.2) is 15.0 Å². The molecule has 2 fully saturated rings. The fourth-order valence-electron chi connectivity index (χ4n) is 2.71. The maximum absolute atomic E-state index is 11.9. The van der Waals surface area contributed by atoms with Crippen molar-refractivity contribution >= 4 is 50.0 Å². The van der Waals surface area contributed by atoms with Crippen LogP contribution in [0.1, 0.15) is 6.42 Å². The lowest BCUT2D eigenvalue weighted by atomic mass is 10.2. The zero-order chi connectivity index (χ0) is 16.6. The van der Waals surface area contributed by atoms with Crippen molar-refractivity contribution in [2.24, 2.45) is 4.99 Å². The second-order valence-corrected chi connectivity index (χ2v) is 9.07. The van der Waals surface area contributed by atoms with E-state index in [0.29, 0.717) is 15.9 Å². The number of anilines is 1. The number of rotatable bonds is 2. The van der Waals surface area contributed by atoms with E-state index in [-0.39, 0.29) is 29.2 Å². The molecule has 0 bridgehead atoms. The van der Waals surface area contributed by atoms with E-state index in [1.165, 1.54) is 11.8 Å². The first-order valence-electron chi connectivity index (χ1n) is 6.80. The highest BCUT2D eigenvalue weighted by Gasteiger charge is 2.49. The molecule has 2 heterocycles. The van der Waals surface area contributed by atoms with Gasteiger partial charge in [0.1, 0.15) is 6.42 Å². The third-order valence-electron chi connectivity index (χ3n) is 3.60. The van der Waals surface area contributed by atoms with Gasteiger partial charge in [0, 0.05) is 16.0 Å². The maximum atomic E-state index is 11.9. The number of carbonyl (C=O) groups excluding carboxylic acids is 1. The van der Waals surface area contributed by atoms with Gasteiger partial charge in [0.05, 0.1) is 23.6 Å². The first kappa shape index (κ1) is 16.3. The number of nitrogens with zero attached hydrogens (tertiary/aromatic N) is 3. The van der Waals surface area contributed by atoms with E-state index in [0.717, 1.165) is 0 Å². The molecular formula is C14H12ClN3O3S2. The van der Waals surface area contributed by atoms with Crippen molar-refractivity contribution in [3.05, 3.63) is 29.3 Å². The number of amidine groups is 1. The minimum absolute atomic E-state index is 0.0165. The highest BCUT2D eigenvalue weighted by atomic mass is 35.5. The molecule has 120 valence electrons. The largest absolute Gasteiger partial charge is 0.316 e. The average Bonchev–Trinajstić information content (AvgIpc) is 2.89. The van der Waals surface area contributed by atoms with Crippen molar-refractivity contribution in [3.8, 4) is 6.07 Å². The molecule has 6 nitrogen and oxygen atoms in total. The van der Waals surface area contributed by atoms with Crippen molar-refractivity contribution in [2.75, 3.05) is 16.4 Å². The summed E-state index contributed by atoms with van der Waals surface area (Å²) in [5.41, 5.74) is 0.693. The molecule has 0 spiro atoms. The van der Waals surface area contributed by atoms with E-state index in [1.54, 1.807) is 35.2 Å². The number of amides is 1. The van der Waals surface area contributed by atoms with E-state index < -0.39 is 15.7 Å². The quantitative estimate of drug-likeness (QED) is 0.790. The molecule has 9 heteroatoms. The van der Waals surface area contributed by atoms with Crippen LogP contribution in [-0.4, -0.2) is 42.3 Å². The predicted molar refractivity (Wildman–Crippen MR) is 90.4 cm³/mol. The van der Waals surface area contributed by atoms with Crippen LogP contribution in [0.4, 0.5) is 5.69 Å². The zero-order valence-electron chi connectivity index (χ0n) is 11.8. The number of aliphatic imine (C=N–C) groups is 1. The molecule has 0 N–H and O–H groups in total. The van der Waals surface area contributed by atoms with Crippen molar-refractivity contribution < 1.29 is 13.2 Å². The van der Waals surface area contributed by atoms with Gasteiger partial charge in [0.25, 0.3) is 5.91 Å². The number of nitriles is 1. The van der Waals surface area contributed by atoms with Crippen LogP contribution in [-0.2, 0) is 14.6 Å². The van der Waals surface area contributed by atoms with Crippen LogP contribution in [0.5, 0.6) is 0 Å². The van der Waals surface area contributed by atoms with E-state index in [2.05, 4.69) is 4.99 Å². The summed E-state index contributed by atoms with van der Waals surface area (Å²) in [6.45, 7) is 0. The number of hydrogen-bond acceptors (Lipinski definition) is 5. The molecule has 1 aromatic carbocycles. The Morgan fingerprint density at radius 3 is 2.96 bits per heavy atom. The Kier molecular flexibility index (Phi) is 4.36. The SMILES string of the molecule is N#CCC(=O)N=C1S[C@H]2CS(=O)(=O)C[C@H]2N1c1cccc(Cl)c1. The third kappa shape index (κ3) is 3.37. The van der Waals surface area contributed by atoms with E-state index in [9.17, 15) is 13.2 Å². The van der Waals surface area contributed by atoms with Crippen molar-refractivity contribution in [3.63, 3.8) is 0 Å². The molecule has 2 saturated heterocycles. The number of halogens is 1. The number of hydrogen-bond donors (Lipinski definition) is 0.